The predicted molar refractivity (Wildman–Crippen MR) is 66.0 cm³/mol. The zero-order chi connectivity index (χ0) is 8.81. The van der Waals surface area contributed by atoms with Gasteiger partial charge in [0.05, 0.1) is 6.26 Å². The Morgan fingerprint density at radius 3 is 1.93 bits per heavy atom. The lowest BCUT2D eigenvalue weighted by Crippen LogP contribution is -1.48. The van der Waals surface area contributed by atoms with Crippen molar-refractivity contribution in [3.8, 4) is 0 Å². The topological polar surface area (TPSA) is 13.1 Å². The summed E-state index contributed by atoms with van der Waals surface area (Å²) in [6.45, 7) is 4.02. The first kappa shape index (κ1) is 15.5. The van der Waals surface area contributed by atoms with Crippen LogP contribution in [0, 0.1) is 13.8 Å². The van der Waals surface area contributed by atoms with Gasteiger partial charge in [-0.2, -0.15) is 0 Å². The van der Waals surface area contributed by atoms with Crippen LogP contribution in [0.4, 0.5) is 0 Å². The standard InChI is InChI=1S/C5H6O.C5H6S.2CH4/c2*1-5-3-2-4-6-5;;/h2*2-4H,1H3;2*1H4. The fraction of sp³-hybridized carbons (Fsp3) is 0.333. The molecule has 0 N–H and O–H groups in total. The van der Waals surface area contributed by atoms with Gasteiger partial charge in [-0.05, 0) is 37.4 Å². The van der Waals surface area contributed by atoms with Gasteiger partial charge in [0.1, 0.15) is 5.76 Å². The lowest BCUT2D eigenvalue weighted by Gasteiger charge is -1.69. The molecule has 2 aromatic rings. The Morgan fingerprint density at radius 1 is 1.07 bits per heavy atom. The molecule has 0 unspecified atom stereocenters. The quantitative estimate of drug-likeness (QED) is 0.604. The molecule has 0 aliphatic rings. The highest BCUT2D eigenvalue weighted by molar-refractivity contribution is 7.09. The van der Waals surface area contributed by atoms with Gasteiger partial charge < -0.3 is 4.42 Å². The van der Waals surface area contributed by atoms with Crippen molar-refractivity contribution in [2.24, 2.45) is 0 Å². The molecule has 1 nitrogen and oxygen atoms in total. The summed E-state index contributed by atoms with van der Waals surface area (Å²) >= 11 is 1.78. The van der Waals surface area contributed by atoms with E-state index in [1.807, 2.05) is 19.1 Å². The SMILES string of the molecule is C.C.Cc1ccco1.Cc1cccs1. The summed E-state index contributed by atoms with van der Waals surface area (Å²) in [4.78, 5) is 1.38. The third-order valence-corrected chi connectivity index (χ3v) is 2.13. The average molecular weight is 212 g/mol. The first-order valence-electron chi connectivity index (χ1n) is 3.79. The molecular formula is C12H20OS. The largest absolute Gasteiger partial charge is 0.470 e. The first-order chi connectivity index (χ1) is 5.79. The molecule has 80 valence electrons. The fourth-order valence-corrected chi connectivity index (χ4v) is 1.25. The highest BCUT2D eigenvalue weighted by Crippen LogP contribution is 2.03. The molecule has 14 heavy (non-hydrogen) atoms. The monoisotopic (exact) mass is 212 g/mol. The smallest absolute Gasteiger partial charge is 0.100 e. The van der Waals surface area contributed by atoms with Gasteiger partial charge in [0, 0.05) is 4.88 Å². The van der Waals surface area contributed by atoms with Crippen LogP contribution in [0.15, 0.2) is 40.3 Å². The van der Waals surface area contributed by atoms with Gasteiger partial charge in [-0.3, -0.25) is 0 Å². The molecule has 0 amide bonds. The van der Waals surface area contributed by atoms with Crippen LogP contribution in [0.1, 0.15) is 25.5 Å². The summed E-state index contributed by atoms with van der Waals surface area (Å²) in [6.07, 6.45) is 1.66. The molecule has 2 heterocycles. The zero-order valence-electron chi connectivity index (χ0n) is 7.28. The second-order valence-corrected chi connectivity index (χ2v) is 3.60. The summed E-state index contributed by atoms with van der Waals surface area (Å²) in [5.41, 5.74) is 0. The highest BCUT2D eigenvalue weighted by atomic mass is 32.1. The van der Waals surface area contributed by atoms with E-state index in [1.54, 1.807) is 17.6 Å². The van der Waals surface area contributed by atoms with Crippen LogP contribution in [-0.2, 0) is 0 Å². The molecule has 0 aliphatic carbocycles. The van der Waals surface area contributed by atoms with E-state index in [2.05, 4.69) is 24.4 Å². The maximum atomic E-state index is 4.83. The molecule has 0 atom stereocenters. The minimum absolute atomic E-state index is 0. The lowest BCUT2D eigenvalue weighted by atomic mass is 10.5. The van der Waals surface area contributed by atoms with Gasteiger partial charge in [-0.15, -0.1) is 11.3 Å². The molecule has 0 bridgehead atoms. The predicted octanol–water partition coefficient (Wildman–Crippen LogP) is 4.92. The van der Waals surface area contributed by atoms with E-state index in [9.17, 15) is 0 Å². The van der Waals surface area contributed by atoms with Crippen molar-refractivity contribution in [2.75, 3.05) is 0 Å². The van der Waals surface area contributed by atoms with Crippen molar-refractivity contribution >= 4 is 11.3 Å². The van der Waals surface area contributed by atoms with Crippen LogP contribution >= 0.6 is 11.3 Å². The Bertz CT molecular complexity index is 250. The van der Waals surface area contributed by atoms with Gasteiger partial charge >= 0.3 is 0 Å². The van der Waals surface area contributed by atoms with Gasteiger partial charge in [-0.1, -0.05) is 20.9 Å². The molecule has 0 saturated heterocycles. The molecule has 0 aliphatic heterocycles. The molecular weight excluding hydrogens is 192 g/mol. The van der Waals surface area contributed by atoms with Crippen LogP contribution in [0.2, 0.25) is 0 Å². The van der Waals surface area contributed by atoms with E-state index in [0.29, 0.717) is 0 Å². The minimum Gasteiger partial charge on any atom is -0.470 e. The van der Waals surface area contributed by atoms with Gasteiger partial charge in [0.2, 0.25) is 0 Å². The fourth-order valence-electron chi connectivity index (χ4n) is 0.721. The lowest BCUT2D eigenvalue weighted by molar-refractivity contribution is 0.534. The second-order valence-electron chi connectivity index (χ2n) is 2.45. The third-order valence-electron chi connectivity index (χ3n) is 1.33. The Hall–Kier alpha value is -1.02. The van der Waals surface area contributed by atoms with E-state index in [-0.39, 0.29) is 14.9 Å². The van der Waals surface area contributed by atoms with Crippen LogP contribution in [0.25, 0.3) is 0 Å². The number of thiophene rings is 1. The molecule has 2 heteroatoms. The Balaban J connectivity index is 0. The first-order valence-corrected chi connectivity index (χ1v) is 4.67. The van der Waals surface area contributed by atoms with Gasteiger partial charge in [0.25, 0.3) is 0 Å². The molecule has 2 rings (SSSR count). The molecule has 0 radical (unpaired) electrons. The summed E-state index contributed by atoms with van der Waals surface area (Å²) in [7, 11) is 0. The second kappa shape index (κ2) is 8.57. The Kier molecular flexibility index (Phi) is 9.46. The highest BCUT2D eigenvalue weighted by Gasteiger charge is 1.76. The normalized spacial score (nSPS) is 7.57. The molecule has 2 aromatic heterocycles. The summed E-state index contributed by atoms with van der Waals surface area (Å²) in [5.74, 6) is 0.968. The van der Waals surface area contributed by atoms with Crippen LogP contribution < -0.4 is 0 Å². The van der Waals surface area contributed by atoms with E-state index in [0.717, 1.165) is 5.76 Å². The Labute approximate surface area is 91.4 Å². The molecule has 0 fully saturated rings. The maximum absolute atomic E-state index is 4.83. The summed E-state index contributed by atoms with van der Waals surface area (Å²) in [5, 5.41) is 2.08. The molecule has 0 aromatic carbocycles. The van der Waals surface area contributed by atoms with Crippen LogP contribution in [0.5, 0.6) is 0 Å². The van der Waals surface area contributed by atoms with Crippen molar-refractivity contribution in [1.82, 2.24) is 0 Å². The number of aryl methyl sites for hydroxylation is 2. The van der Waals surface area contributed by atoms with E-state index >= 15 is 0 Å². The van der Waals surface area contributed by atoms with E-state index in [1.165, 1.54) is 4.88 Å². The van der Waals surface area contributed by atoms with Crippen molar-refractivity contribution in [3.63, 3.8) is 0 Å². The Morgan fingerprint density at radius 2 is 1.79 bits per heavy atom. The van der Waals surface area contributed by atoms with Gasteiger partial charge in [-0.25, -0.2) is 0 Å². The van der Waals surface area contributed by atoms with Crippen molar-refractivity contribution in [2.45, 2.75) is 28.7 Å². The minimum atomic E-state index is 0. The van der Waals surface area contributed by atoms with Gasteiger partial charge in [0.15, 0.2) is 0 Å². The number of rotatable bonds is 0. The number of furan rings is 1. The third kappa shape index (κ3) is 6.49. The molecule has 0 spiro atoms. The average Bonchev–Trinajstić information content (AvgIpc) is 2.63. The summed E-state index contributed by atoms with van der Waals surface area (Å²) in [6, 6.07) is 7.94. The van der Waals surface area contributed by atoms with E-state index < -0.39 is 0 Å². The van der Waals surface area contributed by atoms with Crippen molar-refractivity contribution in [3.05, 3.63) is 46.5 Å². The van der Waals surface area contributed by atoms with E-state index in [4.69, 9.17) is 4.42 Å². The number of hydrogen-bond donors (Lipinski definition) is 0. The zero-order valence-corrected chi connectivity index (χ0v) is 8.10. The number of hydrogen-bond acceptors (Lipinski definition) is 2. The molecule has 0 saturated carbocycles. The van der Waals surface area contributed by atoms with Crippen molar-refractivity contribution < 1.29 is 4.42 Å². The van der Waals surface area contributed by atoms with Crippen LogP contribution in [0.3, 0.4) is 0 Å². The van der Waals surface area contributed by atoms with Crippen molar-refractivity contribution in [1.29, 1.82) is 0 Å². The summed E-state index contributed by atoms with van der Waals surface area (Å²) < 4.78 is 4.83. The maximum Gasteiger partial charge on any atom is 0.100 e. The van der Waals surface area contributed by atoms with Crippen LogP contribution in [-0.4, -0.2) is 0 Å².